The fourth-order valence-electron chi connectivity index (χ4n) is 1.75. The molecule has 2 heterocycles. The Balaban J connectivity index is 1.95. The molecule has 0 bridgehead atoms. The maximum Gasteiger partial charge on any atom is 0.229 e. The van der Waals surface area contributed by atoms with Gasteiger partial charge in [-0.3, -0.25) is 4.79 Å². The van der Waals surface area contributed by atoms with Crippen molar-refractivity contribution in [1.82, 2.24) is 4.90 Å². The van der Waals surface area contributed by atoms with Crippen molar-refractivity contribution in [3.05, 3.63) is 22.4 Å². The maximum atomic E-state index is 11.9. The van der Waals surface area contributed by atoms with Gasteiger partial charge in [0.15, 0.2) is 0 Å². The third-order valence-electron chi connectivity index (χ3n) is 2.57. The molecule has 1 amide bonds. The number of ether oxygens (including phenoxy) is 1. The Morgan fingerprint density at radius 3 is 3.27 bits per heavy atom. The van der Waals surface area contributed by atoms with Gasteiger partial charge in [-0.25, -0.2) is 0 Å². The lowest BCUT2D eigenvalue weighted by atomic mass is 10.2. The minimum absolute atomic E-state index is 0.0637. The fourth-order valence-corrected chi connectivity index (χ4v) is 2.45. The van der Waals surface area contributed by atoms with Gasteiger partial charge in [0, 0.05) is 11.4 Å². The highest BCUT2D eigenvalue weighted by molar-refractivity contribution is 7.10. The minimum atomic E-state index is -0.0637. The number of nitrogens with zero attached hydrogens (tertiary/aromatic N) is 1. The summed E-state index contributed by atoms with van der Waals surface area (Å²) in [6.45, 7) is 3.53. The van der Waals surface area contributed by atoms with Gasteiger partial charge in [0.25, 0.3) is 0 Å². The van der Waals surface area contributed by atoms with Crippen LogP contribution < -0.4 is 0 Å². The van der Waals surface area contributed by atoms with Crippen LogP contribution in [-0.4, -0.2) is 30.2 Å². The molecule has 1 saturated heterocycles. The molecule has 0 aromatic carbocycles. The molecule has 0 radical (unpaired) electrons. The SMILES string of the molecule is CC1OCCCN1C(=O)Cc1cccs1. The van der Waals surface area contributed by atoms with Crippen LogP contribution in [0.5, 0.6) is 0 Å². The molecule has 0 N–H and O–H groups in total. The number of carbonyl (C=O) groups is 1. The van der Waals surface area contributed by atoms with Crippen LogP contribution in [0.1, 0.15) is 18.2 Å². The smallest absolute Gasteiger partial charge is 0.229 e. The molecular formula is C11H15NO2S. The van der Waals surface area contributed by atoms with Gasteiger partial charge in [-0.05, 0) is 24.8 Å². The normalized spacial score (nSPS) is 21.7. The van der Waals surface area contributed by atoms with Crippen LogP contribution in [0.2, 0.25) is 0 Å². The van der Waals surface area contributed by atoms with Gasteiger partial charge in [-0.1, -0.05) is 6.07 Å². The fraction of sp³-hybridized carbons (Fsp3) is 0.545. The zero-order valence-corrected chi connectivity index (χ0v) is 9.63. The molecule has 1 unspecified atom stereocenters. The summed E-state index contributed by atoms with van der Waals surface area (Å²) >= 11 is 1.63. The molecule has 15 heavy (non-hydrogen) atoms. The van der Waals surface area contributed by atoms with E-state index in [9.17, 15) is 4.79 Å². The van der Waals surface area contributed by atoms with Crippen molar-refractivity contribution < 1.29 is 9.53 Å². The van der Waals surface area contributed by atoms with E-state index in [1.54, 1.807) is 11.3 Å². The second kappa shape index (κ2) is 4.77. The number of rotatable bonds is 2. The van der Waals surface area contributed by atoms with E-state index in [1.165, 1.54) is 0 Å². The molecule has 1 aromatic heterocycles. The Kier molecular flexibility index (Phi) is 3.38. The number of thiophene rings is 1. The summed E-state index contributed by atoms with van der Waals surface area (Å²) in [5.74, 6) is 0.171. The minimum Gasteiger partial charge on any atom is -0.359 e. The molecule has 82 valence electrons. The van der Waals surface area contributed by atoms with Crippen LogP contribution in [0.3, 0.4) is 0 Å². The second-order valence-corrected chi connectivity index (χ2v) is 4.70. The molecule has 1 aliphatic rings. The van der Waals surface area contributed by atoms with E-state index in [1.807, 2.05) is 29.3 Å². The Hall–Kier alpha value is -0.870. The van der Waals surface area contributed by atoms with E-state index in [4.69, 9.17) is 4.74 Å². The lowest BCUT2D eigenvalue weighted by Crippen LogP contribution is -2.45. The Labute approximate surface area is 93.7 Å². The zero-order valence-electron chi connectivity index (χ0n) is 8.81. The highest BCUT2D eigenvalue weighted by Crippen LogP contribution is 2.15. The van der Waals surface area contributed by atoms with Crippen LogP contribution in [-0.2, 0) is 16.0 Å². The summed E-state index contributed by atoms with van der Waals surface area (Å²) in [4.78, 5) is 14.9. The van der Waals surface area contributed by atoms with E-state index < -0.39 is 0 Å². The average molecular weight is 225 g/mol. The molecule has 3 nitrogen and oxygen atoms in total. The Morgan fingerprint density at radius 2 is 2.60 bits per heavy atom. The Bertz CT molecular complexity index is 323. The summed E-state index contributed by atoms with van der Waals surface area (Å²) in [5, 5.41) is 2.00. The predicted octanol–water partition coefficient (Wildman–Crippen LogP) is 1.89. The second-order valence-electron chi connectivity index (χ2n) is 3.67. The van der Waals surface area contributed by atoms with E-state index in [-0.39, 0.29) is 12.1 Å². The van der Waals surface area contributed by atoms with Crippen molar-refractivity contribution >= 4 is 17.2 Å². The van der Waals surface area contributed by atoms with Crippen LogP contribution in [0.15, 0.2) is 17.5 Å². The first kappa shape index (κ1) is 10.6. The highest BCUT2D eigenvalue weighted by Gasteiger charge is 2.23. The van der Waals surface area contributed by atoms with E-state index in [0.29, 0.717) is 6.42 Å². The lowest BCUT2D eigenvalue weighted by molar-refractivity contribution is -0.151. The number of carbonyl (C=O) groups excluding carboxylic acids is 1. The van der Waals surface area contributed by atoms with Gasteiger partial charge in [0.05, 0.1) is 13.0 Å². The monoisotopic (exact) mass is 225 g/mol. The molecular weight excluding hydrogens is 210 g/mol. The number of hydrogen-bond acceptors (Lipinski definition) is 3. The Morgan fingerprint density at radius 1 is 1.73 bits per heavy atom. The van der Waals surface area contributed by atoms with Crippen LogP contribution in [0, 0.1) is 0 Å². The third kappa shape index (κ3) is 2.58. The maximum absolute atomic E-state index is 11.9. The van der Waals surface area contributed by atoms with Crippen molar-refractivity contribution in [2.45, 2.75) is 26.0 Å². The lowest BCUT2D eigenvalue weighted by Gasteiger charge is -2.33. The van der Waals surface area contributed by atoms with Gasteiger partial charge < -0.3 is 9.64 Å². The molecule has 2 rings (SSSR count). The largest absolute Gasteiger partial charge is 0.359 e. The molecule has 1 atom stereocenters. The topological polar surface area (TPSA) is 29.5 Å². The van der Waals surface area contributed by atoms with Crippen molar-refractivity contribution in [3.63, 3.8) is 0 Å². The van der Waals surface area contributed by atoms with E-state index in [2.05, 4.69) is 0 Å². The van der Waals surface area contributed by atoms with E-state index in [0.717, 1.165) is 24.4 Å². The standard InChI is InChI=1S/C11H15NO2S/c1-9-12(5-3-6-14-9)11(13)8-10-4-2-7-15-10/h2,4,7,9H,3,5-6,8H2,1H3. The van der Waals surface area contributed by atoms with Gasteiger partial charge in [0.2, 0.25) is 5.91 Å². The highest BCUT2D eigenvalue weighted by atomic mass is 32.1. The zero-order chi connectivity index (χ0) is 10.7. The third-order valence-corrected chi connectivity index (χ3v) is 3.44. The van der Waals surface area contributed by atoms with Crippen LogP contribution in [0.25, 0.3) is 0 Å². The number of amides is 1. The van der Waals surface area contributed by atoms with Gasteiger partial charge in [-0.15, -0.1) is 11.3 Å². The number of hydrogen-bond donors (Lipinski definition) is 0. The van der Waals surface area contributed by atoms with Crippen LogP contribution in [0.4, 0.5) is 0 Å². The van der Waals surface area contributed by atoms with Gasteiger partial charge in [-0.2, -0.15) is 0 Å². The first-order valence-electron chi connectivity index (χ1n) is 5.21. The molecule has 1 fully saturated rings. The van der Waals surface area contributed by atoms with Gasteiger partial charge >= 0.3 is 0 Å². The van der Waals surface area contributed by atoms with Crippen molar-refractivity contribution in [2.75, 3.05) is 13.2 Å². The van der Waals surface area contributed by atoms with E-state index >= 15 is 0 Å². The quantitative estimate of drug-likeness (QED) is 0.769. The molecule has 1 aromatic rings. The summed E-state index contributed by atoms with van der Waals surface area (Å²) < 4.78 is 5.44. The predicted molar refractivity (Wildman–Crippen MR) is 59.8 cm³/mol. The van der Waals surface area contributed by atoms with Crippen LogP contribution >= 0.6 is 11.3 Å². The van der Waals surface area contributed by atoms with Crippen molar-refractivity contribution in [3.8, 4) is 0 Å². The first-order valence-corrected chi connectivity index (χ1v) is 6.09. The average Bonchev–Trinajstić information content (AvgIpc) is 2.71. The molecule has 1 aliphatic heterocycles. The molecule has 0 spiro atoms. The van der Waals surface area contributed by atoms with Crippen molar-refractivity contribution in [2.24, 2.45) is 0 Å². The summed E-state index contributed by atoms with van der Waals surface area (Å²) in [6, 6.07) is 3.97. The van der Waals surface area contributed by atoms with Crippen molar-refractivity contribution in [1.29, 1.82) is 0 Å². The molecule has 4 heteroatoms. The molecule has 0 saturated carbocycles. The first-order chi connectivity index (χ1) is 7.27. The summed E-state index contributed by atoms with van der Waals surface area (Å²) in [5.41, 5.74) is 0. The molecule has 0 aliphatic carbocycles. The summed E-state index contributed by atoms with van der Waals surface area (Å²) in [7, 11) is 0. The summed E-state index contributed by atoms with van der Waals surface area (Å²) in [6.07, 6.45) is 1.39. The van der Waals surface area contributed by atoms with Gasteiger partial charge in [0.1, 0.15) is 6.23 Å².